The number of carbonyl (C=O) groups is 2. The van der Waals surface area contributed by atoms with E-state index >= 15 is 0 Å². The molecule has 0 amide bonds. The van der Waals surface area contributed by atoms with E-state index in [2.05, 4.69) is 0 Å². The zero-order valence-electron chi connectivity index (χ0n) is 10.2. The number of benzene rings is 1. The van der Waals surface area contributed by atoms with Gasteiger partial charge in [-0.1, -0.05) is 18.2 Å². The van der Waals surface area contributed by atoms with Crippen molar-refractivity contribution in [1.29, 1.82) is 5.26 Å². The first-order chi connectivity index (χ1) is 9.08. The number of nitriles is 1. The van der Waals surface area contributed by atoms with Crippen LogP contribution in [0.15, 0.2) is 30.3 Å². The van der Waals surface area contributed by atoms with Crippen molar-refractivity contribution >= 4 is 11.9 Å². The minimum Gasteiger partial charge on any atom is -0.457 e. The molecule has 1 aromatic carbocycles. The molecule has 19 heavy (non-hydrogen) atoms. The molecule has 2 aliphatic rings. The van der Waals surface area contributed by atoms with E-state index in [0.717, 1.165) is 0 Å². The average molecular weight is 257 g/mol. The van der Waals surface area contributed by atoms with E-state index in [4.69, 9.17) is 14.7 Å². The maximum Gasteiger partial charge on any atom is 0.338 e. The van der Waals surface area contributed by atoms with Gasteiger partial charge in [-0.25, -0.2) is 4.79 Å². The Morgan fingerprint density at radius 3 is 2.74 bits per heavy atom. The van der Waals surface area contributed by atoms with Gasteiger partial charge < -0.3 is 9.47 Å². The number of carbonyl (C=O) groups excluding carboxylic acids is 2. The van der Waals surface area contributed by atoms with Gasteiger partial charge in [-0.2, -0.15) is 5.26 Å². The second kappa shape index (κ2) is 3.82. The molecule has 5 heteroatoms. The van der Waals surface area contributed by atoms with Gasteiger partial charge in [0.25, 0.3) is 0 Å². The Bertz CT molecular complexity index is 591. The number of nitrogens with zero attached hydrogens (tertiary/aromatic N) is 1. The summed E-state index contributed by atoms with van der Waals surface area (Å²) < 4.78 is 10.3. The van der Waals surface area contributed by atoms with Crippen LogP contribution in [0.2, 0.25) is 0 Å². The van der Waals surface area contributed by atoms with Crippen LogP contribution in [0.5, 0.6) is 0 Å². The number of rotatable bonds is 2. The lowest BCUT2D eigenvalue weighted by molar-refractivity contribution is -0.149. The van der Waals surface area contributed by atoms with Gasteiger partial charge in [-0.3, -0.25) is 4.79 Å². The molecule has 1 aliphatic carbocycles. The van der Waals surface area contributed by atoms with E-state index in [1.807, 2.05) is 6.07 Å². The van der Waals surface area contributed by atoms with Crippen molar-refractivity contribution in [3.63, 3.8) is 0 Å². The van der Waals surface area contributed by atoms with E-state index in [1.165, 1.54) is 6.92 Å². The Morgan fingerprint density at radius 2 is 2.11 bits per heavy atom. The fraction of sp³-hybridized carbons (Fsp3) is 0.357. The molecule has 96 valence electrons. The van der Waals surface area contributed by atoms with Gasteiger partial charge in [0.15, 0.2) is 5.41 Å². The first-order valence-corrected chi connectivity index (χ1v) is 5.96. The molecule has 0 aromatic heterocycles. The van der Waals surface area contributed by atoms with Gasteiger partial charge in [-0.15, -0.1) is 0 Å². The van der Waals surface area contributed by atoms with Gasteiger partial charge in [0.05, 0.1) is 17.6 Å². The first-order valence-electron chi connectivity index (χ1n) is 5.96. The fourth-order valence-electron chi connectivity index (χ4n) is 2.46. The smallest absolute Gasteiger partial charge is 0.338 e. The van der Waals surface area contributed by atoms with Crippen LogP contribution < -0.4 is 0 Å². The number of ether oxygens (including phenoxy) is 2. The monoisotopic (exact) mass is 257 g/mol. The zero-order valence-corrected chi connectivity index (χ0v) is 10.2. The number of esters is 2. The van der Waals surface area contributed by atoms with Gasteiger partial charge in [0.1, 0.15) is 12.2 Å². The van der Waals surface area contributed by atoms with Crippen LogP contribution in [0.25, 0.3) is 0 Å². The topological polar surface area (TPSA) is 76.4 Å². The maximum atomic E-state index is 11.9. The Hall–Kier alpha value is -2.35. The largest absolute Gasteiger partial charge is 0.457 e. The highest BCUT2D eigenvalue weighted by Gasteiger charge is 2.74. The third kappa shape index (κ3) is 1.60. The molecule has 0 bridgehead atoms. The Kier molecular flexibility index (Phi) is 2.36. The minimum atomic E-state index is -1.20. The average Bonchev–Trinajstić information content (AvgIpc) is 3.03. The van der Waals surface area contributed by atoms with E-state index in [0.29, 0.717) is 5.56 Å². The van der Waals surface area contributed by atoms with Crippen LogP contribution in [0, 0.1) is 22.7 Å². The van der Waals surface area contributed by atoms with E-state index in [1.54, 1.807) is 30.3 Å². The first kappa shape index (κ1) is 11.7. The summed E-state index contributed by atoms with van der Waals surface area (Å²) >= 11 is 0. The second-order valence-corrected chi connectivity index (χ2v) is 4.95. The summed E-state index contributed by atoms with van der Waals surface area (Å²) in [5.41, 5.74) is -0.760. The minimum absolute atomic E-state index is 0.349. The van der Waals surface area contributed by atoms with Crippen LogP contribution in [-0.2, 0) is 14.3 Å². The normalized spacial score (nSPS) is 34.9. The summed E-state index contributed by atoms with van der Waals surface area (Å²) in [4.78, 5) is 23.3. The highest BCUT2D eigenvalue weighted by Crippen LogP contribution is 2.56. The molecule has 4 atom stereocenters. The number of hydrogen-bond acceptors (Lipinski definition) is 5. The molecule has 3 rings (SSSR count). The molecule has 0 spiro atoms. The molecule has 1 aromatic rings. The standard InChI is InChI=1S/C14H11NO4/c1-14(7-15)9-10(11(9)19-13(14)17)18-12(16)8-5-3-2-4-6-8/h2-6,9-11H,1H3/t9?,10?,11-,14+/m0/s1. The quantitative estimate of drug-likeness (QED) is 0.746. The van der Waals surface area contributed by atoms with E-state index in [9.17, 15) is 9.59 Å². The lowest BCUT2D eigenvalue weighted by atomic mass is 9.88. The molecule has 5 nitrogen and oxygen atoms in total. The van der Waals surface area contributed by atoms with Gasteiger partial charge >= 0.3 is 11.9 Å². The summed E-state index contributed by atoms with van der Waals surface area (Å²) in [6, 6.07) is 10.5. The molecular weight excluding hydrogens is 246 g/mol. The summed E-state index contributed by atoms with van der Waals surface area (Å²) in [7, 11) is 0. The third-order valence-corrected chi connectivity index (χ3v) is 3.71. The van der Waals surface area contributed by atoms with Gasteiger partial charge in [0.2, 0.25) is 0 Å². The van der Waals surface area contributed by atoms with E-state index < -0.39 is 29.6 Å². The highest BCUT2D eigenvalue weighted by molar-refractivity contribution is 5.90. The van der Waals surface area contributed by atoms with Gasteiger partial charge in [-0.05, 0) is 19.1 Å². The van der Waals surface area contributed by atoms with Crippen LogP contribution in [0.4, 0.5) is 0 Å². The molecular formula is C14H11NO4. The van der Waals surface area contributed by atoms with Crippen molar-refractivity contribution in [3.05, 3.63) is 35.9 Å². The number of hydrogen-bond donors (Lipinski definition) is 0. The number of fused-ring (bicyclic) bond motifs is 1. The van der Waals surface area contributed by atoms with Crippen LogP contribution in [0.1, 0.15) is 17.3 Å². The van der Waals surface area contributed by atoms with Crippen molar-refractivity contribution in [1.82, 2.24) is 0 Å². The summed E-state index contributed by atoms with van der Waals surface area (Å²) in [5.74, 6) is -1.34. The SMILES string of the molecule is C[C@]1(C#N)C(=O)O[C@@H]2C(OC(=O)c3ccccc3)C21. The van der Waals surface area contributed by atoms with Crippen molar-refractivity contribution in [3.8, 4) is 6.07 Å². The lowest BCUT2D eigenvalue weighted by Gasteiger charge is -2.15. The molecule has 1 heterocycles. The molecule has 1 aliphatic heterocycles. The van der Waals surface area contributed by atoms with Crippen LogP contribution >= 0.6 is 0 Å². The van der Waals surface area contributed by atoms with Crippen molar-refractivity contribution in [2.24, 2.45) is 11.3 Å². The Labute approximate surface area is 109 Å². The molecule has 2 unspecified atom stereocenters. The molecule has 1 saturated heterocycles. The predicted molar refractivity (Wildman–Crippen MR) is 62.7 cm³/mol. The van der Waals surface area contributed by atoms with Crippen LogP contribution in [0.3, 0.4) is 0 Å². The lowest BCUT2D eigenvalue weighted by Crippen LogP contribution is -2.29. The Morgan fingerprint density at radius 1 is 1.42 bits per heavy atom. The van der Waals surface area contributed by atoms with Crippen molar-refractivity contribution in [2.45, 2.75) is 19.1 Å². The summed E-state index contributed by atoms with van der Waals surface area (Å²) in [5, 5.41) is 9.07. The third-order valence-electron chi connectivity index (χ3n) is 3.71. The maximum absolute atomic E-state index is 11.9. The zero-order chi connectivity index (χ0) is 13.6. The molecule has 2 fully saturated rings. The molecule has 0 radical (unpaired) electrons. The van der Waals surface area contributed by atoms with Crippen molar-refractivity contribution < 1.29 is 19.1 Å². The summed E-state index contributed by atoms with van der Waals surface area (Å²) in [6.07, 6.45) is -0.972. The molecule has 1 saturated carbocycles. The second-order valence-electron chi connectivity index (χ2n) is 4.95. The highest BCUT2D eigenvalue weighted by atomic mass is 16.6. The van der Waals surface area contributed by atoms with E-state index in [-0.39, 0.29) is 5.92 Å². The van der Waals surface area contributed by atoms with Crippen molar-refractivity contribution in [2.75, 3.05) is 0 Å². The van der Waals surface area contributed by atoms with Gasteiger partial charge in [0, 0.05) is 0 Å². The fourth-order valence-corrected chi connectivity index (χ4v) is 2.46. The predicted octanol–water partition coefficient (Wildman–Crippen LogP) is 1.30. The summed E-state index contributed by atoms with van der Waals surface area (Å²) in [6.45, 7) is 1.52. The van der Waals surface area contributed by atoms with Crippen LogP contribution in [-0.4, -0.2) is 24.1 Å². The molecule has 0 N–H and O–H groups in total. The Balaban J connectivity index is 1.71.